The van der Waals surface area contributed by atoms with Crippen molar-refractivity contribution in [1.29, 1.82) is 0 Å². The van der Waals surface area contributed by atoms with Crippen molar-refractivity contribution in [2.75, 3.05) is 30.9 Å². The number of ether oxygens (including phenoxy) is 1. The topological polar surface area (TPSA) is 102 Å². The van der Waals surface area contributed by atoms with Crippen LogP contribution in [0.3, 0.4) is 0 Å². The van der Waals surface area contributed by atoms with Crippen molar-refractivity contribution < 1.29 is 14.7 Å². The number of anilines is 2. The van der Waals surface area contributed by atoms with Crippen molar-refractivity contribution in [3.8, 4) is 0 Å². The third-order valence-electron chi connectivity index (χ3n) is 3.83. The Bertz CT molecular complexity index is 792. The summed E-state index contributed by atoms with van der Waals surface area (Å²) >= 11 is 0. The molecule has 8 heteroatoms. The van der Waals surface area contributed by atoms with Crippen LogP contribution >= 0.6 is 0 Å². The molecule has 1 atom stereocenters. The highest BCUT2D eigenvalue weighted by Crippen LogP contribution is 2.19. The molecule has 1 heterocycles. The van der Waals surface area contributed by atoms with Crippen LogP contribution in [-0.4, -0.2) is 32.1 Å². The van der Waals surface area contributed by atoms with E-state index >= 15 is 0 Å². The molecular weight excluding hydrogens is 334 g/mol. The number of carbonyl (C=O) groups is 1. The molecule has 136 valence electrons. The zero-order valence-electron chi connectivity index (χ0n) is 14.4. The van der Waals surface area contributed by atoms with Crippen LogP contribution in [0.25, 0.3) is 0 Å². The summed E-state index contributed by atoms with van der Waals surface area (Å²) in [5, 5.41) is 24.7. The summed E-state index contributed by atoms with van der Waals surface area (Å²) in [6.45, 7) is 0.988. The van der Waals surface area contributed by atoms with Crippen LogP contribution in [-0.2, 0) is 16.0 Å². The average Bonchev–Trinajstić information content (AvgIpc) is 2.64. The lowest BCUT2D eigenvalue weighted by Crippen LogP contribution is -2.98. The number of fused-ring (bicyclic) bond motifs is 1. The van der Waals surface area contributed by atoms with Crippen molar-refractivity contribution in [2.45, 2.75) is 6.42 Å². The number of methoxy groups -OCH3 is 1. The van der Waals surface area contributed by atoms with Gasteiger partial charge in [0.2, 0.25) is 5.91 Å². The summed E-state index contributed by atoms with van der Waals surface area (Å²) < 4.78 is 4.90. The lowest BCUT2D eigenvalue weighted by atomic mass is 10.1. The quantitative estimate of drug-likeness (QED) is 0.454. The summed E-state index contributed by atoms with van der Waals surface area (Å²) in [4.78, 5) is 11.8. The van der Waals surface area contributed by atoms with Crippen LogP contribution in [0.5, 0.6) is 0 Å². The summed E-state index contributed by atoms with van der Waals surface area (Å²) in [6.07, 6.45) is 0.301. The van der Waals surface area contributed by atoms with Crippen molar-refractivity contribution in [1.82, 2.24) is 5.32 Å². The van der Waals surface area contributed by atoms with Gasteiger partial charge in [-0.05, 0) is 28.9 Å². The molecule has 1 aliphatic rings. The first-order valence-corrected chi connectivity index (χ1v) is 8.26. The Morgan fingerprint density at radius 3 is 2.77 bits per heavy atom. The van der Waals surface area contributed by atoms with Crippen LogP contribution in [0.15, 0.2) is 53.6 Å². The maximum atomic E-state index is 12.0. The monoisotopic (exact) mass is 355 g/mol. The maximum absolute atomic E-state index is 12.0. The smallest absolute Gasteiger partial charge is 0.260 e. The Balaban J connectivity index is 1.57. The molecule has 3 rings (SSSR count). The van der Waals surface area contributed by atoms with Gasteiger partial charge in [0, 0.05) is 25.4 Å². The molecule has 1 aliphatic heterocycles. The molecule has 2 aromatic rings. The minimum absolute atomic E-state index is 0.0525. The van der Waals surface area contributed by atoms with E-state index in [2.05, 4.69) is 21.1 Å². The Kier molecular flexibility index (Phi) is 5.80. The Morgan fingerprint density at radius 2 is 2.00 bits per heavy atom. The fraction of sp³-hybridized carbons (Fsp3) is 0.222. The van der Waals surface area contributed by atoms with E-state index in [0.29, 0.717) is 31.2 Å². The van der Waals surface area contributed by atoms with E-state index in [1.165, 1.54) is 0 Å². The summed E-state index contributed by atoms with van der Waals surface area (Å²) in [5.74, 6) is 0.321. The van der Waals surface area contributed by atoms with Crippen molar-refractivity contribution in [2.24, 2.45) is 5.10 Å². The summed E-state index contributed by atoms with van der Waals surface area (Å²) in [6, 6.07) is 14.6. The third-order valence-corrected chi connectivity index (χ3v) is 3.83. The molecule has 0 aromatic heterocycles. The molecule has 0 saturated carbocycles. The summed E-state index contributed by atoms with van der Waals surface area (Å²) in [7, 11) is 1.59. The van der Waals surface area contributed by atoms with Gasteiger partial charge in [-0.3, -0.25) is 4.79 Å². The van der Waals surface area contributed by atoms with E-state index in [1.807, 2.05) is 36.4 Å². The molecule has 0 aliphatic carbocycles. The predicted octanol–water partition coefficient (Wildman–Crippen LogP) is 0.815. The SMILES string of the molecule is COCCNC(=O)Cc1ccc(NC2=N[NH+]([O-])c3ccccc3N2)cc1. The largest absolute Gasteiger partial charge is 0.601 e. The molecule has 4 N–H and O–H groups in total. The van der Waals surface area contributed by atoms with E-state index in [9.17, 15) is 10.0 Å². The standard InChI is InChI=1S/C18H21N5O3/c1-26-11-10-19-17(24)12-13-6-8-14(9-7-13)20-18-21-15-4-2-3-5-16(15)23(25)22-18/h2-9,23H,10-12H2,1H3,(H,19,24)(H2,20,21,22). The second kappa shape index (κ2) is 8.43. The van der Waals surface area contributed by atoms with Crippen LogP contribution in [0.2, 0.25) is 0 Å². The molecule has 0 spiro atoms. The van der Waals surface area contributed by atoms with Crippen LogP contribution in [0, 0.1) is 5.21 Å². The Hall–Kier alpha value is -2.94. The molecule has 0 fully saturated rings. The van der Waals surface area contributed by atoms with E-state index in [1.54, 1.807) is 19.2 Å². The second-order valence-electron chi connectivity index (χ2n) is 5.78. The van der Waals surface area contributed by atoms with Crippen LogP contribution < -0.4 is 21.1 Å². The van der Waals surface area contributed by atoms with Crippen LogP contribution in [0.1, 0.15) is 5.56 Å². The van der Waals surface area contributed by atoms with E-state index < -0.39 is 0 Å². The highest BCUT2D eigenvalue weighted by atomic mass is 16.5. The lowest BCUT2D eigenvalue weighted by molar-refractivity contribution is -0.783. The molecule has 1 amide bonds. The van der Waals surface area contributed by atoms with Gasteiger partial charge in [-0.1, -0.05) is 24.3 Å². The van der Waals surface area contributed by atoms with Gasteiger partial charge in [-0.15, -0.1) is 0 Å². The van der Waals surface area contributed by atoms with Crippen molar-refractivity contribution in [3.63, 3.8) is 0 Å². The number of amides is 1. The zero-order valence-corrected chi connectivity index (χ0v) is 14.4. The Labute approximate surface area is 151 Å². The fourth-order valence-corrected chi connectivity index (χ4v) is 2.54. The molecule has 26 heavy (non-hydrogen) atoms. The van der Waals surface area contributed by atoms with E-state index in [-0.39, 0.29) is 11.1 Å². The molecule has 2 aromatic carbocycles. The van der Waals surface area contributed by atoms with Crippen molar-refractivity contribution in [3.05, 3.63) is 59.3 Å². The highest BCUT2D eigenvalue weighted by Gasteiger charge is 2.18. The number of hydrogen-bond donors (Lipinski definition) is 4. The first-order valence-electron chi connectivity index (χ1n) is 8.26. The van der Waals surface area contributed by atoms with Gasteiger partial charge < -0.3 is 25.9 Å². The highest BCUT2D eigenvalue weighted by molar-refractivity contribution is 6.05. The number of para-hydroxylation sites is 1. The van der Waals surface area contributed by atoms with Gasteiger partial charge in [0.25, 0.3) is 5.96 Å². The van der Waals surface area contributed by atoms with Gasteiger partial charge in [0.05, 0.1) is 13.0 Å². The van der Waals surface area contributed by atoms with Gasteiger partial charge >= 0.3 is 0 Å². The van der Waals surface area contributed by atoms with Gasteiger partial charge in [0.1, 0.15) is 5.69 Å². The molecule has 0 bridgehead atoms. The molecule has 8 nitrogen and oxygen atoms in total. The zero-order chi connectivity index (χ0) is 18.4. The molecular formula is C18H21N5O3. The second-order valence-corrected chi connectivity index (χ2v) is 5.78. The number of nitrogens with one attached hydrogen (secondary N) is 4. The maximum Gasteiger partial charge on any atom is 0.260 e. The number of hydrogen-bond acceptors (Lipinski definition) is 6. The van der Waals surface area contributed by atoms with Gasteiger partial charge in [-0.25, -0.2) is 5.17 Å². The Morgan fingerprint density at radius 1 is 1.23 bits per heavy atom. The number of rotatable bonds is 6. The normalized spacial score (nSPS) is 15.5. The van der Waals surface area contributed by atoms with Gasteiger partial charge in [0.15, 0.2) is 5.69 Å². The molecule has 0 radical (unpaired) electrons. The third kappa shape index (κ3) is 4.57. The fourth-order valence-electron chi connectivity index (χ4n) is 2.54. The number of quaternary nitrogens is 1. The van der Waals surface area contributed by atoms with Crippen LogP contribution in [0.4, 0.5) is 17.1 Å². The number of carbonyl (C=O) groups excluding carboxylic acids is 1. The molecule has 0 saturated heterocycles. The first-order chi connectivity index (χ1) is 12.7. The summed E-state index contributed by atoms with van der Waals surface area (Å²) in [5.41, 5.74) is 2.93. The number of guanidine groups is 1. The average molecular weight is 355 g/mol. The minimum atomic E-state index is -0.286. The van der Waals surface area contributed by atoms with E-state index in [4.69, 9.17) is 4.74 Å². The first kappa shape index (κ1) is 17.9. The lowest BCUT2D eigenvalue weighted by Gasteiger charge is -2.24. The van der Waals surface area contributed by atoms with Gasteiger partial charge in [-0.2, -0.15) is 0 Å². The van der Waals surface area contributed by atoms with Crippen molar-refractivity contribution >= 4 is 28.9 Å². The van der Waals surface area contributed by atoms with E-state index in [0.717, 1.165) is 16.9 Å². The number of nitrogens with zero attached hydrogens (tertiary/aromatic N) is 1. The number of benzene rings is 2. The molecule has 1 unspecified atom stereocenters. The minimum Gasteiger partial charge on any atom is -0.601 e. The predicted molar refractivity (Wildman–Crippen MR) is 100 cm³/mol.